The van der Waals surface area contributed by atoms with E-state index < -0.39 is 11.3 Å². The van der Waals surface area contributed by atoms with E-state index in [1.54, 1.807) is 34.6 Å². The number of nitrogens with one attached hydrogen (secondary N) is 1. The minimum absolute atomic E-state index is 0. The monoisotopic (exact) mass is 395 g/mol. The van der Waals surface area contributed by atoms with Gasteiger partial charge in [0.1, 0.15) is 0 Å². The number of nitrogens with zero attached hydrogens (tertiary/aromatic N) is 2. The second kappa shape index (κ2) is 7.66. The summed E-state index contributed by atoms with van der Waals surface area (Å²) in [6, 6.07) is 12.6. The highest BCUT2D eigenvalue weighted by molar-refractivity contribution is 7.59. The fourth-order valence-corrected chi connectivity index (χ4v) is 4.26. The summed E-state index contributed by atoms with van der Waals surface area (Å²) in [6.07, 6.45) is 2.90. The molecule has 1 fully saturated rings. The van der Waals surface area contributed by atoms with Crippen molar-refractivity contribution in [2.24, 2.45) is 5.41 Å². The number of anilines is 1. The largest absolute Gasteiger partial charge is 0.313 e. The van der Waals surface area contributed by atoms with Gasteiger partial charge in [-0.15, -0.1) is 0 Å². The molecule has 2 aliphatic rings. The van der Waals surface area contributed by atoms with E-state index in [9.17, 15) is 9.59 Å². The zero-order chi connectivity index (χ0) is 19.0. The molecule has 1 atom stereocenters. The number of hydroxylamine groups is 1. The van der Waals surface area contributed by atoms with Gasteiger partial charge in [-0.2, -0.15) is 13.5 Å². The summed E-state index contributed by atoms with van der Waals surface area (Å²) in [5, 5.41) is 8.80. The summed E-state index contributed by atoms with van der Waals surface area (Å²) in [6.45, 7) is 7.82. The molecule has 0 unspecified atom stereocenters. The van der Waals surface area contributed by atoms with Gasteiger partial charge in [-0.25, -0.2) is 10.3 Å². The van der Waals surface area contributed by atoms with Crippen molar-refractivity contribution in [3.63, 3.8) is 0 Å². The Labute approximate surface area is 170 Å². The number of carbonyl (C=O) groups excluding carboxylic acids is 2. The highest BCUT2D eigenvalue weighted by atomic mass is 32.1. The number of hydrogen-bond donors (Lipinski definition) is 2. The lowest BCUT2D eigenvalue weighted by Gasteiger charge is -2.33. The zero-order valence-corrected chi connectivity index (χ0v) is 16.2. The van der Waals surface area contributed by atoms with Crippen molar-refractivity contribution in [2.45, 2.75) is 25.7 Å². The molecular formula is C21H21N3O3S. The van der Waals surface area contributed by atoms with Crippen LogP contribution in [-0.4, -0.2) is 23.6 Å². The molecule has 6 nitrogen and oxygen atoms in total. The Morgan fingerprint density at radius 1 is 1.18 bits per heavy atom. The maximum absolute atomic E-state index is 13.3. The summed E-state index contributed by atoms with van der Waals surface area (Å²) >= 11 is 0. The summed E-state index contributed by atoms with van der Waals surface area (Å²) in [5.74, 6) is -0.409. The third-order valence-corrected chi connectivity index (χ3v) is 5.76. The van der Waals surface area contributed by atoms with Gasteiger partial charge in [0.15, 0.2) is 5.69 Å². The molecule has 0 bridgehead atoms. The van der Waals surface area contributed by atoms with Gasteiger partial charge in [-0.05, 0) is 61.1 Å². The van der Waals surface area contributed by atoms with Crippen LogP contribution in [0.4, 0.5) is 11.4 Å². The minimum atomic E-state index is -0.527. The molecule has 7 heteroatoms. The highest BCUT2D eigenvalue weighted by Crippen LogP contribution is 2.45. The summed E-state index contributed by atoms with van der Waals surface area (Å²) in [5.41, 5.74) is 5.12. The lowest BCUT2D eigenvalue weighted by Crippen LogP contribution is -2.38. The molecule has 0 radical (unpaired) electrons. The maximum atomic E-state index is 13.3. The van der Waals surface area contributed by atoms with E-state index in [4.69, 9.17) is 11.8 Å². The molecule has 0 aromatic heterocycles. The second-order valence-electron chi connectivity index (χ2n) is 7.22. The van der Waals surface area contributed by atoms with Gasteiger partial charge in [0.25, 0.3) is 5.91 Å². The van der Waals surface area contributed by atoms with Crippen molar-refractivity contribution < 1.29 is 14.8 Å². The molecule has 28 heavy (non-hydrogen) atoms. The van der Waals surface area contributed by atoms with E-state index in [1.165, 1.54) is 0 Å². The van der Waals surface area contributed by atoms with Crippen LogP contribution in [0.5, 0.6) is 0 Å². The predicted octanol–water partition coefficient (Wildman–Crippen LogP) is 3.38. The fourth-order valence-electron chi connectivity index (χ4n) is 4.26. The van der Waals surface area contributed by atoms with E-state index >= 15 is 0 Å². The average Bonchev–Trinajstić information content (AvgIpc) is 3.02. The number of rotatable bonds is 2. The Bertz CT molecular complexity index is 985. The summed E-state index contributed by atoms with van der Waals surface area (Å²) < 4.78 is 0. The number of amides is 2. The van der Waals surface area contributed by atoms with Crippen LogP contribution in [0.2, 0.25) is 0 Å². The summed E-state index contributed by atoms with van der Waals surface area (Å²) in [4.78, 5) is 30.1. The normalized spacial score (nSPS) is 20.3. The van der Waals surface area contributed by atoms with Crippen LogP contribution >= 0.6 is 13.5 Å². The number of aryl methyl sites for hydroxylation is 1. The Kier molecular flexibility index (Phi) is 5.45. The van der Waals surface area contributed by atoms with Crippen LogP contribution in [0.15, 0.2) is 42.5 Å². The van der Waals surface area contributed by atoms with Crippen LogP contribution in [0, 0.1) is 12.0 Å². The van der Waals surface area contributed by atoms with Crippen LogP contribution in [0.1, 0.15) is 34.3 Å². The maximum Gasteiger partial charge on any atom is 0.274 e. The van der Waals surface area contributed by atoms with Gasteiger partial charge in [-0.3, -0.25) is 14.8 Å². The molecule has 1 aliphatic heterocycles. The molecule has 1 heterocycles. The fraction of sp³-hybridized carbons (Fsp3) is 0.286. The lowest BCUT2D eigenvalue weighted by atomic mass is 9.70. The van der Waals surface area contributed by atoms with Crippen LogP contribution in [0.3, 0.4) is 0 Å². The third kappa shape index (κ3) is 3.26. The minimum Gasteiger partial charge on any atom is -0.313 e. The first kappa shape index (κ1) is 19.9. The van der Waals surface area contributed by atoms with Crippen LogP contribution in [0.25, 0.3) is 4.85 Å². The van der Waals surface area contributed by atoms with Gasteiger partial charge in [0, 0.05) is 17.8 Å². The molecule has 144 valence electrons. The molecule has 1 saturated heterocycles. The Balaban J connectivity index is 0.00000225. The molecule has 0 saturated carbocycles. The topological polar surface area (TPSA) is 74.0 Å². The Morgan fingerprint density at radius 3 is 2.75 bits per heavy atom. The quantitative estimate of drug-likeness (QED) is 0.465. The van der Waals surface area contributed by atoms with Gasteiger partial charge in [0.2, 0.25) is 5.91 Å². The third-order valence-electron chi connectivity index (χ3n) is 5.76. The van der Waals surface area contributed by atoms with Gasteiger partial charge < -0.3 is 4.90 Å². The van der Waals surface area contributed by atoms with Crippen molar-refractivity contribution in [1.82, 2.24) is 5.48 Å². The SMILES string of the molecule is S.[C-]#[N+]c1cccc(N2CC[C@@]3(CCc4cc(C(=O)NO)ccc4C3)C2=O)c1. The molecule has 2 N–H and O–H groups in total. The number of hydrogen-bond acceptors (Lipinski definition) is 3. The van der Waals surface area contributed by atoms with E-state index in [1.807, 2.05) is 18.2 Å². The first-order valence-corrected chi connectivity index (χ1v) is 8.92. The van der Waals surface area contributed by atoms with Crippen molar-refractivity contribution in [1.29, 1.82) is 0 Å². The molecular weight excluding hydrogens is 374 g/mol. The average molecular weight is 395 g/mol. The second-order valence-corrected chi connectivity index (χ2v) is 7.22. The predicted molar refractivity (Wildman–Crippen MR) is 110 cm³/mol. The van der Waals surface area contributed by atoms with Gasteiger partial charge >= 0.3 is 0 Å². The molecule has 2 aromatic carbocycles. The summed E-state index contributed by atoms with van der Waals surface area (Å²) in [7, 11) is 0. The Morgan fingerprint density at radius 2 is 2.00 bits per heavy atom. The number of fused-ring (bicyclic) bond motifs is 1. The van der Waals surface area contributed by atoms with E-state index in [0.717, 1.165) is 36.1 Å². The van der Waals surface area contributed by atoms with Crippen LogP contribution < -0.4 is 10.4 Å². The zero-order valence-electron chi connectivity index (χ0n) is 15.2. The van der Waals surface area contributed by atoms with Crippen LogP contribution in [-0.2, 0) is 17.6 Å². The standard InChI is InChI=1S/C21H19N3O3.H2S/c1-22-17-3-2-4-18(12-17)24-10-9-21(20(24)26)8-7-14-11-15(19(25)23-27)5-6-16(14)13-21;/h2-6,11-12,27H,7-10,13H2,(H,23,25);1H2/t21-;/m1./s1. The first-order chi connectivity index (χ1) is 13.1. The van der Waals surface area contributed by atoms with Crippen molar-refractivity contribution in [3.8, 4) is 0 Å². The first-order valence-electron chi connectivity index (χ1n) is 8.92. The molecule has 1 spiro atoms. The highest BCUT2D eigenvalue weighted by Gasteiger charge is 2.48. The Hall–Kier alpha value is -2.82. The van der Waals surface area contributed by atoms with Crippen molar-refractivity contribution >= 4 is 36.7 Å². The van der Waals surface area contributed by atoms with E-state index in [0.29, 0.717) is 24.2 Å². The van der Waals surface area contributed by atoms with E-state index in [2.05, 4.69) is 4.85 Å². The van der Waals surface area contributed by atoms with Gasteiger partial charge in [-0.1, -0.05) is 18.2 Å². The van der Waals surface area contributed by atoms with E-state index in [-0.39, 0.29) is 19.4 Å². The number of carbonyl (C=O) groups is 2. The van der Waals surface area contributed by atoms with Crippen molar-refractivity contribution in [3.05, 3.63) is 70.6 Å². The van der Waals surface area contributed by atoms with Gasteiger partial charge in [0.05, 0.1) is 12.0 Å². The smallest absolute Gasteiger partial charge is 0.274 e. The molecule has 2 amide bonds. The molecule has 1 aliphatic carbocycles. The lowest BCUT2D eigenvalue weighted by molar-refractivity contribution is -0.126. The molecule has 4 rings (SSSR count). The van der Waals surface area contributed by atoms with Crippen molar-refractivity contribution in [2.75, 3.05) is 11.4 Å². The number of benzene rings is 2. The molecule has 2 aromatic rings.